The average Bonchev–Trinajstić information content (AvgIpc) is 2.17. The van der Waals surface area contributed by atoms with Crippen LogP contribution in [0, 0.1) is 6.92 Å². The molecule has 0 bridgehead atoms. The Labute approximate surface area is 86.0 Å². The minimum atomic E-state index is 0.134. The lowest BCUT2D eigenvalue weighted by atomic mass is 10.2. The van der Waals surface area contributed by atoms with E-state index in [0.29, 0.717) is 6.61 Å². The third kappa shape index (κ3) is 1.80. The molecule has 0 saturated carbocycles. The summed E-state index contributed by atoms with van der Waals surface area (Å²) >= 11 is 3.37. The van der Waals surface area contributed by atoms with Crippen molar-refractivity contribution >= 4 is 15.9 Å². The third-order valence-electron chi connectivity index (χ3n) is 1.99. The molecule has 2 nitrogen and oxygen atoms in total. The van der Waals surface area contributed by atoms with E-state index in [1.807, 2.05) is 25.1 Å². The van der Waals surface area contributed by atoms with Crippen molar-refractivity contribution in [1.29, 1.82) is 0 Å². The maximum atomic E-state index is 5.66. The minimum absolute atomic E-state index is 0.134. The molecule has 1 aromatic rings. The van der Waals surface area contributed by atoms with Gasteiger partial charge in [-0.3, -0.25) is 0 Å². The SMILES string of the molecule is Cc1ccc2c(c1)OCC(CBr)O2. The molecule has 0 saturated heterocycles. The first-order chi connectivity index (χ1) is 6.29. The number of halogens is 1. The Bertz CT molecular complexity index is 312. The molecule has 70 valence electrons. The fourth-order valence-corrected chi connectivity index (χ4v) is 1.62. The highest BCUT2D eigenvalue weighted by atomic mass is 79.9. The molecule has 0 aliphatic carbocycles. The topological polar surface area (TPSA) is 18.5 Å². The van der Waals surface area contributed by atoms with Gasteiger partial charge in [-0.1, -0.05) is 22.0 Å². The Balaban J connectivity index is 2.26. The molecule has 0 amide bonds. The number of fused-ring (bicyclic) bond motifs is 1. The molecule has 1 heterocycles. The van der Waals surface area contributed by atoms with E-state index in [9.17, 15) is 0 Å². The van der Waals surface area contributed by atoms with Crippen molar-refractivity contribution in [3.8, 4) is 11.5 Å². The van der Waals surface area contributed by atoms with Gasteiger partial charge >= 0.3 is 0 Å². The number of rotatable bonds is 1. The molecule has 1 aromatic carbocycles. The summed E-state index contributed by atoms with van der Waals surface area (Å²) in [5, 5.41) is 0.806. The van der Waals surface area contributed by atoms with Gasteiger partial charge in [0.2, 0.25) is 0 Å². The van der Waals surface area contributed by atoms with Crippen LogP contribution in [-0.2, 0) is 0 Å². The second-order valence-electron chi connectivity index (χ2n) is 3.16. The zero-order chi connectivity index (χ0) is 9.26. The number of hydrogen-bond donors (Lipinski definition) is 0. The number of ether oxygens (including phenoxy) is 2. The molecule has 0 fully saturated rings. The lowest BCUT2D eigenvalue weighted by molar-refractivity contribution is 0.108. The molecular weight excluding hydrogens is 232 g/mol. The highest BCUT2D eigenvalue weighted by Gasteiger charge is 2.19. The van der Waals surface area contributed by atoms with Crippen molar-refractivity contribution in [3.63, 3.8) is 0 Å². The summed E-state index contributed by atoms with van der Waals surface area (Å²) in [6.45, 7) is 2.67. The van der Waals surface area contributed by atoms with Crippen LogP contribution in [0.2, 0.25) is 0 Å². The van der Waals surface area contributed by atoms with Crippen LogP contribution >= 0.6 is 15.9 Å². The summed E-state index contributed by atoms with van der Waals surface area (Å²) in [7, 11) is 0. The first-order valence-corrected chi connectivity index (χ1v) is 5.38. The second kappa shape index (κ2) is 3.58. The smallest absolute Gasteiger partial charge is 0.161 e. The van der Waals surface area contributed by atoms with Crippen molar-refractivity contribution < 1.29 is 9.47 Å². The van der Waals surface area contributed by atoms with E-state index in [2.05, 4.69) is 15.9 Å². The Morgan fingerprint density at radius 3 is 3.08 bits per heavy atom. The summed E-state index contributed by atoms with van der Waals surface area (Å²) in [6.07, 6.45) is 0.134. The summed E-state index contributed by atoms with van der Waals surface area (Å²) in [5.41, 5.74) is 1.19. The van der Waals surface area contributed by atoms with Crippen molar-refractivity contribution in [2.75, 3.05) is 11.9 Å². The molecule has 1 aliphatic heterocycles. The molecule has 0 aromatic heterocycles. The van der Waals surface area contributed by atoms with Crippen molar-refractivity contribution in [2.45, 2.75) is 13.0 Å². The summed E-state index contributed by atoms with van der Waals surface area (Å²) < 4.78 is 11.2. The first-order valence-electron chi connectivity index (χ1n) is 4.25. The van der Waals surface area contributed by atoms with Crippen LogP contribution in [0.15, 0.2) is 18.2 Å². The maximum Gasteiger partial charge on any atom is 0.161 e. The van der Waals surface area contributed by atoms with Crippen LogP contribution in [0.1, 0.15) is 5.56 Å². The lowest BCUT2D eigenvalue weighted by Gasteiger charge is -2.25. The summed E-state index contributed by atoms with van der Waals surface area (Å²) in [5.74, 6) is 1.71. The van der Waals surface area contributed by atoms with E-state index < -0.39 is 0 Å². The van der Waals surface area contributed by atoms with Gasteiger partial charge in [0.1, 0.15) is 12.7 Å². The van der Waals surface area contributed by atoms with Crippen LogP contribution in [0.4, 0.5) is 0 Å². The highest BCUT2D eigenvalue weighted by Crippen LogP contribution is 2.32. The first kappa shape index (κ1) is 8.88. The minimum Gasteiger partial charge on any atom is -0.486 e. The molecular formula is C10H11BrO2. The van der Waals surface area contributed by atoms with Crippen LogP contribution in [0.3, 0.4) is 0 Å². The van der Waals surface area contributed by atoms with Gasteiger partial charge in [0.25, 0.3) is 0 Å². The Hall–Kier alpha value is -0.700. The molecule has 0 spiro atoms. The molecule has 1 atom stereocenters. The average molecular weight is 243 g/mol. The largest absolute Gasteiger partial charge is 0.486 e. The fraction of sp³-hybridized carbons (Fsp3) is 0.400. The van der Waals surface area contributed by atoms with Gasteiger partial charge in [-0.15, -0.1) is 0 Å². The van der Waals surface area contributed by atoms with E-state index in [1.54, 1.807) is 0 Å². The van der Waals surface area contributed by atoms with E-state index in [4.69, 9.17) is 9.47 Å². The quantitative estimate of drug-likeness (QED) is 0.705. The number of alkyl halides is 1. The fourth-order valence-electron chi connectivity index (χ4n) is 1.30. The summed E-state index contributed by atoms with van der Waals surface area (Å²) in [4.78, 5) is 0. The van der Waals surface area contributed by atoms with Gasteiger partial charge < -0.3 is 9.47 Å². The predicted molar refractivity (Wildman–Crippen MR) is 54.9 cm³/mol. The van der Waals surface area contributed by atoms with Gasteiger partial charge in [-0.05, 0) is 24.6 Å². The van der Waals surface area contributed by atoms with Crippen LogP contribution in [-0.4, -0.2) is 18.0 Å². The maximum absolute atomic E-state index is 5.66. The van der Waals surface area contributed by atoms with E-state index in [-0.39, 0.29) is 6.10 Å². The Morgan fingerprint density at radius 1 is 1.46 bits per heavy atom. The van der Waals surface area contributed by atoms with Gasteiger partial charge in [0.05, 0.1) is 0 Å². The molecule has 0 N–H and O–H groups in total. The van der Waals surface area contributed by atoms with Gasteiger partial charge in [-0.2, -0.15) is 0 Å². The zero-order valence-electron chi connectivity index (χ0n) is 7.42. The van der Waals surface area contributed by atoms with E-state index in [0.717, 1.165) is 16.8 Å². The normalized spacial score (nSPS) is 20.0. The number of benzene rings is 1. The third-order valence-corrected chi connectivity index (χ3v) is 2.71. The van der Waals surface area contributed by atoms with Gasteiger partial charge in [0, 0.05) is 5.33 Å². The Morgan fingerprint density at radius 2 is 2.31 bits per heavy atom. The van der Waals surface area contributed by atoms with Crippen molar-refractivity contribution in [3.05, 3.63) is 23.8 Å². The summed E-state index contributed by atoms with van der Waals surface area (Å²) in [6, 6.07) is 5.98. The molecule has 2 rings (SSSR count). The van der Waals surface area contributed by atoms with Gasteiger partial charge in [-0.25, -0.2) is 0 Å². The monoisotopic (exact) mass is 242 g/mol. The lowest BCUT2D eigenvalue weighted by Crippen LogP contribution is -2.30. The van der Waals surface area contributed by atoms with E-state index >= 15 is 0 Å². The highest BCUT2D eigenvalue weighted by molar-refractivity contribution is 9.09. The van der Waals surface area contributed by atoms with Crippen LogP contribution in [0.5, 0.6) is 11.5 Å². The van der Waals surface area contributed by atoms with Crippen molar-refractivity contribution in [2.24, 2.45) is 0 Å². The number of hydrogen-bond acceptors (Lipinski definition) is 2. The van der Waals surface area contributed by atoms with Crippen molar-refractivity contribution in [1.82, 2.24) is 0 Å². The standard InChI is InChI=1S/C10H11BrO2/c1-7-2-3-9-10(4-7)12-6-8(5-11)13-9/h2-4,8H,5-6H2,1H3. The molecule has 0 radical (unpaired) electrons. The van der Waals surface area contributed by atoms with Crippen LogP contribution < -0.4 is 9.47 Å². The van der Waals surface area contributed by atoms with E-state index in [1.165, 1.54) is 5.56 Å². The molecule has 1 unspecified atom stereocenters. The number of aryl methyl sites for hydroxylation is 1. The Kier molecular flexibility index (Phi) is 2.44. The predicted octanol–water partition coefficient (Wildman–Crippen LogP) is 2.53. The zero-order valence-corrected chi connectivity index (χ0v) is 9.00. The second-order valence-corrected chi connectivity index (χ2v) is 3.80. The van der Waals surface area contributed by atoms with Crippen LogP contribution in [0.25, 0.3) is 0 Å². The molecule has 3 heteroatoms. The molecule has 1 aliphatic rings. The van der Waals surface area contributed by atoms with Gasteiger partial charge in [0.15, 0.2) is 11.5 Å². The molecule has 13 heavy (non-hydrogen) atoms.